The van der Waals surface area contributed by atoms with Gasteiger partial charge in [0, 0.05) is 37.9 Å². The lowest BCUT2D eigenvalue weighted by atomic mass is 10.0. The van der Waals surface area contributed by atoms with E-state index < -0.39 is 22.0 Å². The number of nitrogens with zero attached hydrogens (tertiary/aromatic N) is 2. The molecule has 2 heterocycles. The van der Waals surface area contributed by atoms with Crippen molar-refractivity contribution in [3.63, 3.8) is 0 Å². The van der Waals surface area contributed by atoms with Crippen molar-refractivity contribution in [3.05, 3.63) is 40.7 Å². The largest absolute Gasteiger partial charge is 0.493 e. The molecular formula is C23H31N3O7S. The van der Waals surface area contributed by atoms with Crippen LogP contribution in [0, 0.1) is 13.8 Å². The highest BCUT2D eigenvalue weighted by Gasteiger charge is 2.34. The highest BCUT2D eigenvalue weighted by molar-refractivity contribution is 7.89. The molecule has 1 atom stereocenters. The second-order valence-electron chi connectivity index (χ2n) is 8.11. The van der Waals surface area contributed by atoms with Crippen LogP contribution in [0.4, 0.5) is 0 Å². The highest BCUT2D eigenvalue weighted by atomic mass is 32.2. The number of hydrogen-bond donors (Lipinski definition) is 1. The molecule has 1 N–H and O–H groups in total. The Kier molecular flexibility index (Phi) is 7.69. The van der Waals surface area contributed by atoms with Crippen LogP contribution in [0.25, 0.3) is 0 Å². The molecular weight excluding hydrogens is 462 g/mol. The minimum atomic E-state index is -3.73. The Hall–Kier alpha value is -2.89. The number of methoxy groups -OCH3 is 3. The number of nitrogens with one attached hydrogen (secondary N) is 1. The number of hydrogen-bond acceptors (Lipinski definition) is 8. The van der Waals surface area contributed by atoms with Gasteiger partial charge in [0.05, 0.1) is 43.5 Å². The zero-order chi connectivity index (χ0) is 25.2. The van der Waals surface area contributed by atoms with Crippen molar-refractivity contribution in [2.75, 3.05) is 47.5 Å². The van der Waals surface area contributed by atoms with Crippen LogP contribution in [0.3, 0.4) is 0 Å². The summed E-state index contributed by atoms with van der Waals surface area (Å²) in [6.45, 7) is 6.48. The van der Waals surface area contributed by atoms with E-state index in [1.165, 1.54) is 37.8 Å². The molecule has 1 aliphatic rings. The van der Waals surface area contributed by atoms with Crippen LogP contribution < -0.4 is 9.47 Å². The van der Waals surface area contributed by atoms with Crippen LogP contribution in [0.15, 0.2) is 23.1 Å². The molecule has 1 aliphatic heterocycles. The summed E-state index contributed by atoms with van der Waals surface area (Å²) in [4.78, 5) is 30.3. The number of aryl methyl sites for hydroxylation is 1. The predicted molar refractivity (Wildman–Crippen MR) is 125 cm³/mol. The zero-order valence-corrected chi connectivity index (χ0v) is 21.1. The SMILES string of the molecule is COC(=O)c1c(C)[nH]c(C(=O)C(C)N2CCN(S(=O)(=O)c3ccc(OC)c(OC)c3)CC2)c1C. The maximum atomic E-state index is 13.2. The van der Waals surface area contributed by atoms with Gasteiger partial charge in [0.15, 0.2) is 17.3 Å². The van der Waals surface area contributed by atoms with E-state index in [2.05, 4.69) is 4.98 Å². The highest BCUT2D eigenvalue weighted by Crippen LogP contribution is 2.31. The van der Waals surface area contributed by atoms with Gasteiger partial charge in [0.25, 0.3) is 0 Å². The molecule has 1 unspecified atom stereocenters. The van der Waals surface area contributed by atoms with E-state index in [0.29, 0.717) is 47.1 Å². The third-order valence-corrected chi connectivity index (χ3v) is 8.16. The summed E-state index contributed by atoms with van der Waals surface area (Å²) in [7, 11) is 0.503. The van der Waals surface area contributed by atoms with Crippen LogP contribution in [0.1, 0.15) is 39.0 Å². The first-order valence-electron chi connectivity index (χ1n) is 10.8. The van der Waals surface area contributed by atoms with Crippen molar-refractivity contribution < 1.29 is 32.2 Å². The molecule has 0 radical (unpaired) electrons. The Labute approximate surface area is 199 Å². The fourth-order valence-electron chi connectivity index (χ4n) is 4.24. The summed E-state index contributed by atoms with van der Waals surface area (Å²) >= 11 is 0. The van der Waals surface area contributed by atoms with Gasteiger partial charge < -0.3 is 19.2 Å². The number of sulfonamides is 1. The summed E-state index contributed by atoms with van der Waals surface area (Å²) < 4.78 is 43.0. The monoisotopic (exact) mass is 493 g/mol. The molecule has 0 aliphatic carbocycles. The zero-order valence-electron chi connectivity index (χ0n) is 20.3. The molecule has 0 spiro atoms. The van der Waals surface area contributed by atoms with Crippen molar-refractivity contribution in [1.82, 2.24) is 14.2 Å². The van der Waals surface area contributed by atoms with E-state index in [1.807, 2.05) is 4.90 Å². The van der Waals surface area contributed by atoms with Gasteiger partial charge in [-0.25, -0.2) is 13.2 Å². The summed E-state index contributed by atoms with van der Waals surface area (Å²) in [6, 6.07) is 4.01. The molecule has 1 aromatic heterocycles. The molecule has 10 nitrogen and oxygen atoms in total. The molecule has 1 fully saturated rings. The quantitative estimate of drug-likeness (QED) is 0.438. The van der Waals surface area contributed by atoms with Crippen molar-refractivity contribution in [3.8, 4) is 11.5 Å². The Morgan fingerprint density at radius 1 is 1.00 bits per heavy atom. The number of ketones is 1. The minimum Gasteiger partial charge on any atom is -0.493 e. The lowest BCUT2D eigenvalue weighted by Gasteiger charge is -2.36. The van der Waals surface area contributed by atoms with E-state index >= 15 is 0 Å². The van der Waals surface area contributed by atoms with Crippen LogP contribution in [-0.2, 0) is 14.8 Å². The molecule has 0 saturated carbocycles. The smallest absolute Gasteiger partial charge is 0.339 e. The first-order chi connectivity index (χ1) is 16.1. The summed E-state index contributed by atoms with van der Waals surface area (Å²) in [5, 5.41) is 0. The lowest BCUT2D eigenvalue weighted by Crippen LogP contribution is -2.53. The molecule has 1 saturated heterocycles. The molecule has 186 valence electrons. The second kappa shape index (κ2) is 10.2. The minimum absolute atomic E-state index is 0.121. The number of carbonyl (C=O) groups excluding carboxylic acids is 2. The maximum Gasteiger partial charge on any atom is 0.339 e. The number of esters is 1. The standard InChI is InChI=1S/C23H31N3O7S/c1-14-20(23(28)33-6)15(2)24-21(14)22(27)16(3)25-9-11-26(12-10-25)34(29,30)17-7-8-18(31-4)19(13-17)32-5/h7-8,13,16,24H,9-12H2,1-6H3. The van der Waals surface area contributed by atoms with E-state index in [9.17, 15) is 18.0 Å². The maximum absolute atomic E-state index is 13.2. The van der Waals surface area contributed by atoms with E-state index in [-0.39, 0.29) is 23.8 Å². The Morgan fingerprint density at radius 2 is 1.62 bits per heavy atom. The number of aromatic nitrogens is 1. The van der Waals surface area contributed by atoms with Gasteiger partial charge in [0.1, 0.15) is 0 Å². The second-order valence-corrected chi connectivity index (χ2v) is 10.1. The van der Waals surface area contributed by atoms with Gasteiger partial charge in [-0.3, -0.25) is 9.69 Å². The normalized spacial score (nSPS) is 16.2. The Balaban J connectivity index is 1.72. The number of carbonyl (C=O) groups is 2. The van der Waals surface area contributed by atoms with Crippen molar-refractivity contribution in [2.45, 2.75) is 31.7 Å². The van der Waals surface area contributed by atoms with Crippen molar-refractivity contribution in [2.24, 2.45) is 0 Å². The third-order valence-electron chi connectivity index (χ3n) is 6.27. The fraction of sp³-hybridized carbons (Fsp3) is 0.478. The van der Waals surface area contributed by atoms with Gasteiger partial charge in [-0.2, -0.15) is 4.31 Å². The fourth-order valence-corrected chi connectivity index (χ4v) is 5.67. The number of ether oxygens (including phenoxy) is 3. The average Bonchev–Trinajstić information content (AvgIpc) is 3.15. The van der Waals surface area contributed by atoms with Gasteiger partial charge in [-0.05, 0) is 38.5 Å². The first kappa shape index (κ1) is 25.7. The molecule has 1 aromatic carbocycles. The predicted octanol–water partition coefficient (Wildman–Crippen LogP) is 2.01. The molecule has 3 rings (SSSR count). The van der Waals surface area contributed by atoms with E-state index in [1.54, 1.807) is 26.8 Å². The van der Waals surface area contributed by atoms with Crippen LogP contribution >= 0.6 is 0 Å². The summed E-state index contributed by atoms with van der Waals surface area (Å²) in [5.41, 5.74) is 1.86. The number of H-pyrrole nitrogens is 1. The van der Waals surface area contributed by atoms with Gasteiger partial charge >= 0.3 is 5.97 Å². The summed E-state index contributed by atoms with van der Waals surface area (Å²) in [6.07, 6.45) is 0. The van der Waals surface area contributed by atoms with Crippen LogP contribution in [-0.4, -0.2) is 87.9 Å². The molecule has 11 heteroatoms. The average molecular weight is 494 g/mol. The van der Waals surface area contributed by atoms with E-state index in [0.717, 1.165) is 0 Å². The molecule has 34 heavy (non-hydrogen) atoms. The molecule has 0 bridgehead atoms. The molecule has 2 aromatic rings. The van der Waals surface area contributed by atoms with Gasteiger partial charge in [-0.1, -0.05) is 0 Å². The summed E-state index contributed by atoms with van der Waals surface area (Å²) in [5.74, 6) is 0.132. The van der Waals surface area contributed by atoms with Crippen LogP contribution in [0.5, 0.6) is 11.5 Å². The first-order valence-corrected chi connectivity index (χ1v) is 12.3. The van der Waals surface area contributed by atoms with E-state index in [4.69, 9.17) is 14.2 Å². The lowest BCUT2D eigenvalue weighted by molar-refractivity contribution is 0.0599. The van der Waals surface area contributed by atoms with Crippen molar-refractivity contribution in [1.29, 1.82) is 0 Å². The number of piperazine rings is 1. The Morgan fingerprint density at radius 3 is 2.18 bits per heavy atom. The topological polar surface area (TPSA) is 118 Å². The number of aromatic amines is 1. The molecule has 0 amide bonds. The van der Waals surface area contributed by atoms with Crippen LogP contribution in [0.2, 0.25) is 0 Å². The van der Waals surface area contributed by atoms with Gasteiger partial charge in [0.2, 0.25) is 10.0 Å². The third kappa shape index (κ3) is 4.68. The number of rotatable bonds is 8. The number of Topliss-reactive ketones (excluding diaryl/α,β-unsaturated/α-hetero) is 1. The number of benzene rings is 1. The van der Waals surface area contributed by atoms with Gasteiger partial charge in [-0.15, -0.1) is 0 Å². The van der Waals surface area contributed by atoms with Crippen molar-refractivity contribution >= 4 is 21.8 Å². The Bertz CT molecular complexity index is 1180.